The molecule has 0 atom stereocenters. The number of carbonyl (C=O) groups excluding carboxylic acids is 2. The van der Waals surface area contributed by atoms with E-state index >= 15 is 0 Å². The molecule has 0 fully saturated rings. The minimum Gasteiger partial charge on any atom is -0.506 e. The third-order valence-corrected chi connectivity index (χ3v) is 4.55. The molecule has 0 aromatic heterocycles. The molecule has 2 amide bonds. The Bertz CT molecular complexity index is 1040. The summed E-state index contributed by atoms with van der Waals surface area (Å²) in [6.45, 7) is 1.59. The zero-order valence-corrected chi connectivity index (χ0v) is 17.2. The van der Waals surface area contributed by atoms with E-state index < -0.39 is 5.91 Å². The molecule has 7 heteroatoms. The SMILES string of the molecule is Cc1ccc(NC(=O)c2ccccc2OCC(=O)Nc2ccc(Br)cc2)c(O)c1. The van der Waals surface area contributed by atoms with Crippen molar-refractivity contribution in [1.29, 1.82) is 0 Å². The van der Waals surface area contributed by atoms with Crippen LogP contribution in [0.3, 0.4) is 0 Å². The quantitative estimate of drug-likeness (QED) is 0.469. The molecule has 29 heavy (non-hydrogen) atoms. The third kappa shape index (κ3) is 5.58. The zero-order valence-electron chi connectivity index (χ0n) is 15.6. The van der Waals surface area contributed by atoms with E-state index in [-0.39, 0.29) is 29.6 Å². The van der Waals surface area contributed by atoms with E-state index in [4.69, 9.17) is 4.74 Å². The van der Waals surface area contributed by atoms with Crippen molar-refractivity contribution in [2.24, 2.45) is 0 Å². The largest absolute Gasteiger partial charge is 0.506 e. The average Bonchev–Trinajstić information content (AvgIpc) is 2.70. The number of rotatable bonds is 6. The Hall–Kier alpha value is -3.32. The molecule has 6 nitrogen and oxygen atoms in total. The molecule has 0 unspecified atom stereocenters. The van der Waals surface area contributed by atoms with E-state index in [1.807, 2.05) is 19.1 Å². The van der Waals surface area contributed by atoms with Crippen LogP contribution < -0.4 is 15.4 Å². The first-order chi connectivity index (χ1) is 13.9. The number of benzene rings is 3. The number of phenolic OH excluding ortho intramolecular Hbond substituents is 1. The third-order valence-electron chi connectivity index (χ3n) is 4.02. The fourth-order valence-corrected chi connectivity index (χ4v) is 2.86. The number of nitrogens with one attached hydrogen (secondary N) is 2. The van der Waals surface area contributed by atoms with Gasteiger partial charge < -0.3 is 20.5 Å². The van der Waals surface area contributed by atoms with Crippen LogP contribution in [0.5, 0.6) is 11.5 Å². The predicted octanol–water partition coefficient (Wildman–Crippen LogP) is 4.73. The highest BCUT2D eigenvalue weighted by atomic mass is 79.9. The van der Waals surface area contributed by atoms with Crippen molar-refractivity contribution in [3.05, 3.63) is 82.3 Å². The molecule has 0 saturated heterocycles. The van der Waals surface area contributed by atoms with Crippen molar-refractivity contribution in [2.75, 3.05) is 17.2 Å². The van der Waals surface area contributed by atoms with Crippen molar-refractivity contribution < 1.29 is 19.4 Å². The van der Waals surface area contributed by atoms with Gasteiger partial charge in [0, 0.05) is 10.2 Å². The van der Waals surface area contributed by atoms with Gasteiger partial charge in [0.05, 0.1) is 11.3 Å². The Labute approximate surface area is 176 Å². The molecule has 3 aromatic carbocycles. The van der Waals surface area contributed by atoms with Crippen molar-refractivity contribution in [3.8, 4) is 11.5 Å². The lowest BCUT2D eigenvalue weighted by Crippen LogP contribution is -2.21. The number of amides is 2. The summed E-state index contributed by atoms with van der Waals surface area (Å²) in [6.07, 6.45) is 0. The first-order valence-electron chi connectivity index (χ1n) is 8.80. The summed E-state index contributed by atoms with van der Waals surface area (Å²) in [5, 5.41) is 15.4. The summed E-state index contributed by atoms with van der Waals surface area (Å²) in [5.41, 5.74) is 2.07. The highest BCUT2D eigenvalue weighted by Gasteiger charge is 2.15. The maximum absolute atomic E-state index is 12.6. The van der Waals surface area contributed by atoms with Crippen LogP contribution in [0.2, 0.25) is 0 Å². The Morgan fingerprint density at radius 1 is 1.00 bits per heavy atom. The second kappa shape index (κ2) is 9.25. The summed E-state index contributed by atoms with van der Waals surface area (Å²) in [6, 6.07) is 18.7. The van der Waals surface area contributed by atoms with Gasteiger partial charge >= 0.3 is 0 Å². The van der Waals surface area contributed by atoms with Gasteiger partial charge in [-0.15, -0.1) is 0 Å². The molecule has 3 N–H and O–H groups in total. The number of hydrogen-bond acceptors (Lipinski definition) is 4. The minimum atomic E-state index is -0.451. The van der Waals surface area contributed by atoms with Crippen molar-refractivity contribution in [2.45, 2.75) is 6.92 Å². The van der Waals surface area contributed by atoms with Gasteiger partial charge in [0.1, 0.15) is 11.5 Å². The average molecular weight is 455 g/mol. The monoisotopic (exact) mass is 454 g/mol. The molecular formula is C22H19BrN2O4. The van der Waals surface area contributed by atoms with Gasteiger partial charge in [-0.25, -0.2) is 0 Å². The van der Waals surface area contributed by atoms with E-state index in [0.29, 0.717) is 11.4 Å². The standard InChI is InChI=1S/C22H19BrN2O4/c1-14-6-11-18(19(26)12-14)25-22(28)17-4-2-3-5-20(17)29-13-21(27)24-16-9-7-15(23)8-10-16/h2-12,26H,13H2,1H3,(H,24,27)(H,25,28). The number of aromatic hydroxyl groups is 1. The summed E-state index contributed by atoms with van der Waals surface area (Å²) < 4.78 is 6.47. The van der Waals surface area contributed by atoms with Gasteiger partial charge in [-0.3, -0.25) is 9.59 Å². The maximum atomic E-state index is 12.6. The van der Waals surface area contributed by atoms with Crippen molar-refractivity contribution >= 4 is 39.1 Å². The number of carbonyl (C=O) groups is 2. The van der Waals surface area contributed by atoms with Gasteiger partial charge in [-0.05, 0) is 61.0 Å². The number of aryl methyl sites for hydroxylation is 1. The van der Waals surface area contributed by atoms with Crippen LogP contribution in [-0.4, -0.2) is 23.5 Å². The zero-order chi connectivity index (χ0) is 20.8. The number of anilines is 2. The topological polar surface area (TPSA) is 87.7 Å². The Morgan fingerprint density at radius 2 is 1.72 bits per heavy atom. The minimum absolute atomic E-state index is 0.0226. The van der Waals surface area contributed by atoms with Crippen LogP contribution in [0, 0.1) is 6.92 Å². The summed E-state index contributed by atoms with van der Waals surface area (Å²) in [4.78, 5) is 24.8. The van der Waals surface area contributed by atoms with Crippen molar-refractivity contribution in [1.82, 2.24) is 0 Å². The van der Waals surface area contributed by atoms with Crippen LogP contribution in [-0.2, 0) is 4.79 Å². The highest BCUT2D eigenvalue weighted by Crippen LogP contribution is 2.26. The lowest BCUT2D eigenvalue weighted by Gasteiger charge is -2.13. The molecule has 0 spiro atoms. The molecule has 0 bridgehead atoms. The molecule has 0 aliphatic heterocycles. The fraction of sp³-hybridized carbons (Fsp3) is 0.0909. The van der Waals surface area contributed by atoms with Gasteiger partial charge in [-0.1, -0.05) is 34.1 Å². The van der Waals surface area contributed by atoms with E-state index in [1.54, 1.807) is 54.6 Å². The van der Waals surface area contributed by atoms with E-state index in [9.17, 15) is 14.7 Å². The van der Waals surface area contributed by atoms with Gasteiger partial charge in [0.15, 0.2) is 6.61 Å². The first-order valence-corrected chi connectivity index (χ1v) is 9.60. The van der Waals surface area contributed by atoms with Gasteiger partial charge in [0.25, 0.3) is 11.8 Å². The molecule has 0 saturated carbocycles. The predicted molar refractivity (Wildman–Crippen MR) is 116 cm³/mol. The number of hydrogen-bond donors (Lipinski definition) is 3. The number of para-hydroxylation sites is 1. The summed E-state index contributed by atoms with van der Waals surface area (Å²) >= 11 is 3.34. The first kappa shape index (κ1) is 20.4. The molecule has 0 aliphatic rings. The van der Waals surface area contributed by atoms with E-state index in [1.165, 1.54) is 0 Å². The fourth-order valence-electron chi connectivity index (χ4n) is 2.59. The molecule has 148 valence electrons. The van der Waals surface area contributed by atoms with Crippen LogP contribution in [0.4, 0.5) is 11.4 Å². The van der Waals surface area contributed by atoms with Crippen LogP contribution in [0.15, 0.2) is 71.2 Å². The number of ether oxygens (including phenoxy) is 1. The maximum Gasteiger partial charge on any atom is 0.262 e. The molecular weight excluding hydrogens is 436 g/mol. The van der Waals surface area contributed by atoms with Gasteiger partial charge in [0.2, 0.25) is 0 Å². The molecule has 0 heterocycles. The second-order valence-corrected chi connectivity index (χ2v) is 7.23. The van der Waals surface area contributed by atoms with Crippen LogP contribution in [0.25, 0.3) is 0 Å². The van der Waals surface area contributed by atoms with Crippen molar-refractivity contribution in [3.63, 3.8) is 0 Å². The highest BCUT2D eigenvalue weighted by molar-refractivity contribution is 9.10. The lowest BCUT2D eigenvalue weighted by molar-refractivity contribution is -0.118. The Balaban J connectivity index is 1.65. The molecule has 3 aromatic rings. The second-order valence-electron chi connectivity index (χ2n) is 6.31. The summed E-state index contributed by atoms with van der Waals surface area (Å²) in [5.74, 6) is -0.556. The van der Waals surface area contributed by atoms with Crippen LogP contribution >= 0.6 is 15.9 Å². The lowest BCUT2D eigenvalue weighted by atomic mass is 10.1. The summed E-state index contributed by atoms with van der Waals surface area (Å²) in [7, 11) is 0. The normalized spacial score (nSPS) is 10.3. The van der Waals surface area contributed by atoms with E-state index in [2.05, 4.69) is 26.6 Å². The molecule has 3 rings (SSSR count). The smallest absolute Gasteiger partial charge is 0.262 e. The Morgan fingerprint density at radius 3 is 2.45 bits per heavy atom. The van der Waals surface area contributed by atoms with Gasteiger partial charge in [-0.2, -0.15) is 0 Å². The number of halogens is 1. The molecule has 0 radical (unpaired) electrons. The Kier molecular flexibility index (Phi) is 6.51. The van der Waals surface area contributed by atoms with Crippen LogP contribution in [0.1, 0.15) is 15.9 Å². The molecule has 0 aliphatic carbocycles. The van der Waals surface area contributed by atoms with E-state index in [0.717, 1.165) is 10.0 Å². The number of phenols is 1.